The Kier molecular flexibility index (Phi) is 7.42. The van der Waals surface area contributed by atoms with E-state index in [0.717, 1.165) is 22.5 Å². The molecule has 2 aromatic carbocycles. The first-order valence-corrected chi connectivity index (χ1v) is 14.7. The third-order valence-electron chi connectivity index (χ3n) is 9.40. The Morgan fingerprint density at radius 1 is 0.629 bits per heavy atom. The first-order chi connectivity index (χ1) is 17.2. The molecular weight excluding hydrogens is 473 g/mol. The molecule has 5 heteroatoms. The summed E-state index contributed by atoms with van der Waals surface area (Å²) in [5.74, 6) is 1.44. The van der Waals surface area contributed by atoms with Gasteiger partial charge in [0.05, 0.1) is 0 Å². The van der Waals surface area contributed by atoms with Gasteiger partial charge in [0, 0.05) is 46.7 Å². The van der Waals surface area contributed by atoms with Crippen LogP contribution in [0.1, 0.15) is 74.6 Å². The normalized spacial score (nSPS) is 34.6. The van der Waals surface area contributed by atoms with E-state index < -0.39 is 0 Å². The summed E-state index contributed by atoms with van der Waals surface area (Å²) in [4.78, 5) is 5.84. The van der Waals surface area contributed by atoms with Gasteiger partial charge in [0.1, 0.15) is 0 Å². The Morgan fingerprint density at radius 2 is 1.11 bits per heavy atom. The molecule has 4 unspecified atom stereocenters. The van der Waals surface area contributed by atoms with Gasteiger partial charge in [-0.2, -0.15) is 0 Å². The second-order valence-corrected chi connectivity index (χ2v) is 12.3. The lowest BCUT2D eigenvalue weighted by atomic mass is 9.72. The lowest BCUT2D eigenvalue weighted by Crippen LogP contribution is -2.58. The minimum Gasteiger partial charge on any atom is -0.316 e. The zero-order valence-corrected chi connectivity index (χ0v) is 22.2. The molecule has 0 aromatic heterocycles. The number of nitrogens with one attached hydrogen (secondary N) is 1. The zero-order valence-electron chi connectivity index (χ0n) is 20.7. The maximum absolute atomic E-state index is 6.25. The maximum atomic E-state index is 6.25. The number of benzene rings is 2. The summed E-state index contributed by atoms with van der Waals surface area (Å²) in [6.07, 6.45) is 10.5. The number of rotatable bonds is 4. The monoisotopic (exact) mass is 511 g/mol. The average Bonchev–Trinajstić information content (AvgIpc) is 3.24. The quantitative estimate of drug-likeness (QED) is 0.471. The van der Waals surface area contributed by atoms with Crippen molar-refractivity contribution in [3.63, 3.8) is 0 Å². The van der Waals surface area contributed by atoms with Gasteiger partial charge in [-0.15, -0.1) is 0 Å². The van der Waals surface area contributed by atoms with E-state index in [1.165, 1.54) is 82.1 Å². The molecule has 3 nitrogen and oxygen atoms in total. The van der Waals surface area contributed by atoms with E-state index in [4.69, 9.17) is 23.2 Å². The smallest absolute Gasteiger partial charge is 0.0406 e. The number of fused-ring (bicyclic) bond motifs is 4. The van der Waals surface area contributed by atoms with Gasteiger partial charge in [-0.3, -0.25) is 9.80 Å². The molecule has 1 N–H and O–H groups in total. The summed E-state index contributed by atoms with van der Waals surface area (Å²) < 4.78 is 0. The Labute approximate surface area is 221 Å². The Bertz CT molecular complexity index is 903. The van der Waals surface area contributed by atoms with Gasteiger partial charge >= 0.3 is 0 Å². The number of halogens is 2. The molecule has 4 aliphatic heterocycles. The number of piperidine rings is 2. The second-order valence-electron chi connectivity index (χ2n) is 11.4. The Morgan fingerprint density at radius 3 is 1.60 bits per heavy atom. The molecule has 5 fully saturated rings. The lowest BCUT2D eigenvalue weighted by Gasteiger charge is -2.53. The first kappa shape index (κ1) is 24.2. The second kappa shape index (κ2) is 10.7. The molecule has 188 valence electrons. The van der Waals surface area contributed by atoms with Gasteiger partial charge in [0.15, 0.2) is 0 Å². The van der Waals surface area contributed by atoms with Gasteiger partial charge in [0.25, 0.3) is 0 Å². The Hall–Kier alpha value is -1.10. The standard InChI is InChI=1S/C30H39Cl2N3/c31-24-11-7-22(8-12-24)27-5-1-3-15-34(27)29-17-21-18-30(26(29)20-33-19-21)35-16-4-2-6-28(35)23-9-13-25(32)14-10-23/h7-14,21,26-30,33H,1-6,15-20H2. The molecule has 7 rings (SSSR count). The van der Waals surface area contributed by atoms with Crippen molar-refractivity contribution in [3.8, 4) is 0 Å². The van der Waals surface area contributed by atoms with Crippen LogP contribution in [-0.2, 0) is 0 Å². The van der Waals surface area contributed by atoms with E-state index in [1.807, 2.05) is 0 Å². The number of hydrogen-bond donors (Lipinski definition) is 1. The zero-order chi connectivity index (χ0) is 23.8. The molecule has 35 heavy (non-hydrogen) atoms. The number of nitrogens with zero attached hydrogens (tertiary/aromatic N) is 2. The Balaban J connectivity index is 1.30. The summed E-state index contributed by atoms with van der Waals surface area (Å²) in [5, 5.41) is 5.56. The van der Waals surface area contributed by atoms with Crippen molar-refractivity contribution >= 4 is 23.2 Å². The minimum atomic E-state index is 0.527. The predicted molar refractivity (Wildman–Crippen MR) is 146 cm³/mol. The van der Waals surface area contributed by atoms with Gasteiger partial charge in [-0.1, -0.05) is 60.3 Å². The highest BCUT2D eigenvalue weighted by Crippen LogP contribution is 2.46. The fraction of sp³-hybridized carbons (Fsp3) is 0.600. The lowest BCUT2D eigenvalue weighted by molar-refractivity contribution is -0.0338. The topological polar surface area (TPSA) is 18.5 Å². The number of hydrogen-bond acceptors (Lipinski definition) is 3. The molecule has 0 radical (unpaired) electrons. The molecule has 4 heterocycles. The number of likely N-dealkylation sites (tertiary alicyclic amines) is 2. The molecule has 4 saturated heterocycles. The highest BCUT2D eigenvalue weighted by molar-refractivity contribution is 6.30. The minimum absolute atomic E-state index is 0.527. The van der Waals surface area contributed by atoms with Gasteiger partial charge < -0.3 is 5.32 Å². The van der Waals surface area contributed by atoms with Crippen molar-refractivity contribution in [2.24, 2.45) is 11.8 Å². The van der Waals surface area contributed by atoms with E-state index in [-0.39, 0.29) is 0 Å². The van der Waals surface area contributed by atoms with Gasteiger partial charge in [-0.25, -0.2) is 0 Å². The van der Waals surface area contributed by atoms with Crippen molar-refractivity contribution < 1.29 is 0 Å². The van der Waals surface area contributed by atoms with Crippen LogP contribution >= 0.6 is 23.2 Å². The third-order valence-corrected chi connectivity index (χ3v) is 9.91. The highest BCUT2D eigenvalue weighted by atomic mass is 35.5. The van der Waals surface area contributed by atoms with Gasteiger partial charge in [-0.05, 0) is 99.5 Å². The molecule has 1 aliphatic carbocycles. The summed E-state index contributed by atoms with van der Waals surface area (Å²) >= 11 is 12.5. The summed E-state index contributed by atoms with van der Waals surface area (Å²) in [5.41, 5.74) is 2.91. The fourth-order valence-corrected chi connectivity index (χ4v) is 8.08. The molecule has 0 amide bonds. The van der Waals surface area contributed by atoms with E-state index in [1.54, 1.807) is 0 Å². The van der Waals surface area contributed by atoms with Crippen LogP contribution < -0.4 is 5.32 Å². The van der Waals surface area contributed by atoms with Crippen molar-refractivity contribution in [3.05, 3.63) is 69.7 Å². The van der Waals surface area contributed by atoms with Crippen LogP contribution in [0.4, 0.5) is 0 Å². The molecule has 4 atom stereocenters. The third kappa shape index (κ3) is 5.05. The van der Waals surface area contributed by atoms with E-state index in [0.29, 0.717) is 30.1 Å². The summed E-state index contributed by atoms with van der Waals surface area (Å²) in [6, 6.07) is 19.8. The van der Waals surface area contributed by atoms with Crippen molar-refractivity contribution in [2.45, 2.75) is 75.5 Å². The maximum Gasteiger partial charge on any atom is 0.0406 e. The van der Waals surface area contributed by atoms with E-state index >= 15 is 0 Å². The molecular formula is C30H39Cl2N3. The van der Waals surface area contributed by atoms with Gasteiger partial charge in [0.2, 0.25) is 0 Å². The summed E-state index contributed by atoms with van der Waals surface area (Å²) in [7, 11) is 0. The van der Waals surface area contributed by atoms with Crippen molar-refractivity contribution in [1.29, 1.82) is 0 Å². The predicted octanol–water partition coefficient (Wildman–Crippen LogP) is 7.11. The average molecular weight is 513 g/mol. The van der Waals surface area contributed by atoms with E-state index in [9.17, 15) is 0 Å². The van der Waals surface area contributed by atoms with E-state index in [2.05, 4.69) is 63.6 Å². The summed E-state index contributed by atoms with van der Waals surface area (Å²) in [6.45, 7) is 4.80. The van der Waals surface area contributed by atoms with Crippen molar-refractivity contribution in [1.82, 2.24) is 15.1 Å². The van der Waals surface area contributed by atoms with Crippen LogP contribution in [0.3, 0.4) is 0 Å². The largest absolute Gasteiger partial charge is 0.316 e. The molecule has 0 spiro atoms. The van der Waals surface area contributed by atoms with Crippen LogP contribution in [0.15, 0.2) is 48.5 Å². The molecule has 2 aromatic rings. The molecule has 2 bridgehead atoms. The SMILES string of the molecule is Clc1ccc(C2CCCCN2C2CC3CNCC2C(N2CCCCC2c2ccc(Cl)cc2)C3)cc1. The van der Waals surface area contributed by atoms with Crippen molar-refractivity contribution in [2.75, 3.05) is 26.2 Å². The van der Waals surface area contributed by atoms with Crippen LogP contribution in [0, 0.1) is 11.8 Å². The van der Waals surface area contributed by atoms with Crippen LogP contribution in [0.2, 0.25) is 10.0 Å². The molecule has 1 saturated carbocycles. The molecule has 5 aliphatic rings. The van der Waals surface area contributed by atoms with Crippen LogP contribution in [0.5, 0.6) is 0 Å². The fourth-order valence-electron chi connectivity index (χ4n) is 7.83. The van der Waals surface area contributed by atoms with Crippen LogP contribution in [0.25, 0.3) is 0 Å². The highest BCUT2D eigenvalue weighted by Gasteiger charge is 2.48. The first-order valence-electron chi connectivity index (χ1n) is 13.9. The van der Waals surface area contributed by atoms with Crippen LogP contribution in [-0.4, -0.2) is 48.1 Å².